The first-order valence-corrected chi connectivity index (χ1v) is 17.3. The second-order valence-corrected chi connectivity index (χ2v) is 13.4. The van der Waals surface area contributed by atoms with Crippen LogP contribution < -0.4 is 14.4 Å². The van der Waals surface area contributed by atoms with E-state index in [1.165, 1.54) is 12.0 Å². The van der Waals surface area contributed by atoms with Crippen molar-refractivity contribution in [2.75, 3.05) is 25.2 Å². The van der Waals surface area contributed by atoms with Crippen LogP contribution in [0.15, 0.2) is 114 Å². The molecule has 1 aliphatic heterocycles. The van der Waals surface area contributed by atoms with Gasteiger partial charge in [0, 0.05) is 5.92 Å². The molecule has 1 aliphatic carbocycles. The molecule has 6 rings (SSSR count). The number of aliphatic hydroxyl groups excluding tert-OH is 2. The third-order valence-corrected chi connectivity index (χ3v) is 10.2. The van der Waals surface area contributed by atoms with Gasteiger partial charge in [-0.25, -0.2) is 0 Å². The second kappa shape index (κ2) is 15.4. The molecule has 0 saturated carbocycles. The Balaban J connectivity index is 1.34. The summed E-state index contributed by atoms with van der Waals surface area (Å²) >= 11 is 2.07. The Labute approximate surface area is 299 Å². The number of phenols is 1. The number of ether oxygens (including phenoxy) is 2. The summed E-state index contributed by atoms with van der Waals surface area (Å²) in [4.78, 5) is 29.0. The smallest absolute Gasteiger partial charge is 0.238 e. The zero-order chi connectivity index (χ0) is 34.5. The molecule has 49 heavy (non-hydrogen) atoms. The lowest BCUT2D eigenvalue weighted by atomic mass is 9.68. The van der Waals surface area contributed by atoms with Crippen LogP contribution in [0.1, 0.15) is 30.4 Å². The number of carbonyl (C=O) groups excluding carboxylic acids is 2. The normalized spacial score (nSPS) is 20.0. The van der Waals surface area contributed by atoms with Gasteiger partial charge in [0.05, 0.1) is 40.9 Å². The maximum atomic E-state index is 14.0. The number of amides is 2. The number of methoxy groups -OCH3 is 1. The SMILES string of the molecule is COc1cc(/C=C(/CC[C@@H](O)C2=C(COc3ccccc3)C[C@H]3C(=O)N(c4ccccc4)C(=O)[C@H]3[C@H]2CO)c2ccccc2)cc(I)c1O. The van der Waals surface area contributed by atoms with Crippen molar-refractivity contribution in [3.63, 3.8) is 0 Å². The molecule has 252 valence electrons. The van der Waals surface area contributed by atoms with Crippen molar-refractivity contribution in [3.8, 4) is 17.2 Å². The molecule has 2 amide bonds. The predicted molar refractivity (Wildman–Crippen MR) is 197 cm³/mol. The summed E-state index contributed by atoms with van der Waals surface area (Å²) in [5.74, 6) is -1.85. The van der Waals surface area contributed by atoms with E-state index < -0.39 is 30.5 Å². The number of hydrogen-bond donors (Lipinski definition) is 3. The number of para-hydroxylation sites is 2. The lowest BCUT2D eigenvalue weighted by Crippen LogP contribution is -2.40. The number of anilines is 1. The minimum absolute atomic E-state index is 0.0746. The molecule has 0 radical (unpaired) electrons. The van der Waals surface area contributed by atoms with Crippen molar-refractivity contribution in [1.29, 1.82) is 0 Å². The topological polar surface area (TPSA) is 117 Å². The molecular weight excluding hydrogens is 733 g/mol. The number of aliphatic hydroxyl groups is 2. The number of hydrogen-bond acceptors (Lipinski definition) is 7. The first-order valence-electron chi connectivity index (χ1n) is 16.2. The highest BCUT2D eigenvalue weighted by atomic mass is 127. The molecular formula is C40H38INO7. The maximum Gasteiger partial charge on any atom is 0.238 e. The van der Waals surface area contributed by atoms with Crippen LogP contribution in [0.25, 0.3) is 11.6 Å². The average Bonchev–Trinajstić information content (AvgIpc) is 3.39. The molecule has 9 heteroatoms. The van der Waals surface area contributed by atoms with Crippen molar-refractivity contribution < 1.29 is 34.4 Å². The molecule has 1 saturated heterocycles. The van der Waals surface area contributed by atoms with E-state index in [4.69, 9.17) is 9.47 Å². The summed E-state index contributed by atoms with van der Waals surface area (Å²) in [5.41, 5.74) is 4.51. The van der Waals surface area contributed by atoms with Crippen LogP contribution >= 0.6 is 22.6 Å². The minimum Gasteiger partial charge on any atom is -0.504 e. The fourth-order valence-electron chi connectivity index (χ4n) is 7.04. The van der Waals surface area contributed by atoms with Gasteiger partial charge in [-0.1, -0.05) is 72.8 Å². The molecule has 4 aromatic carbocycles. The van der Waals surface area contributed by atoms with Crippen LogP contribution in [0, 0.1) is 21.3 Å². The van der Waals surface area contributed by atoms with Crippen molar-refractivity contribution in [2.24, 2.45) is 17.8 Å². The van der Waals surface area contributed by atoms with E-state index in [0.29, 0.717) is 32.8 Å². The summed E-state index contributed by atoms with van der Waals surface area (Å²) in [6, 6.07) is 31.6. The molecule has 0 bridgehead atoms. The second-order valence-electron chi connectivity index (χ2n) is 12.3. The molecule has 0 spiro atoms. The fourth-order valence-corrected chi connectivity index (χ4v) is 7.67. The zero-order valence-electron chi connectivity index (χ0n) is 27.0. The lowest BCUT2D eigenvalue weighted by Gasteiger charge is -2.36. The number of fused-ring (bicyclic) bond motifs is 1. The first-order chi connectivity index (χ1) is 23.8. The quantitative estimate of drug-likeness (QED) is 0.0623. The molecule has 0 unspecified atom stereocenters. The van der Waals surface area contributed by atoms with Gasteiger partial charge in [-0.05, 0) is 106 Å². The van der Waals surface area contributed by atoms with Gasteiger partial charge in [0.25, 0.3) is 0 Å². The number of phenolic OH excluding ortho intramolecular Hbond substituents is 1. The summed E-state index contributed by atoms with van der Waals surface area (Å²) in [6.45, 7) is -0.298. The van der Waals surface area contributed by atoms with Gasteiger partial charge in [-0.15, -0.1) is 0 Å². The van der Waals surface area contributed by atoms with Crippen LogP contribution in [-0.2, 0) is 9.59 Å². The van der Waals surface area contributed by atoms with Crippen LogP contribution in [-0.4, -0.2) is 53.6 Å². The van der Waals surface area contributed by atoms with Crippen LogP contribution in [0.4, 0.5) is 5.69 Å². The van der Waals surface area contributed by atoms with Crippen molar-refractivity contribution in [3.05, 3.63) is 129 Å². The van der Waals surface area contributed by atoms with Crippen molar-refractivity contribution in [1.82, 2.24) is 0 Å². The lowest BCUT2D eigenvalue weighted by molar-refractivity contribution is -0.123. The summed E-state index contributed by atoms with van der Waals surface area (Å²) in [6.07, 6.45) is 1.97. The zero-order valence-corrected chi connectivity index (χ0v) is 29.2. The summed E-state index contributed by atoms with van der Waals surface area (Å²) in [7, 11) is 1.51. The van der Waals surface area contributed by atoms with Gasteiger partial charge in [0.2, 0.25) is 11.8 Å². The number of aromatic hydroxyl groups is 1. The number of benzene rings is 4. The molecule has 1 fully saturated rings. The average molecular weight is 772 g/mol. The van der Waals surface area contributed by atoms with Gasteiger partial charge in [0.1, 0.15) is 12.4 Å². The number of halogens is 1. The highest BCUT2D eigenvalue weighted by Gasteiger charge is 2.55. The first kappa shape index (κ1) is 34.4. The Hall–Kier alpha value is -4.45. The van der Waals surface area contributed by atoms with Gasteiger partial charge in [0.15, 0.2) is 11.5 Å². The number of rotatable bonds is 12. The number of nitrogens with zero attached hydrogens (tertiary/aromatic N) is 1. The third-order valence-electron chi connectivity index (χ3n) is 9.35. The Kier molecular flexibility index (Phi) is 10.8. The largest absolute Gasteiger partial charge is 0.504 e. The summed E-state index contributed by atoms with van der Waals surface area (Å²) in [5, 5.41) is 33.3. The van der Waals surface area contributed by atoms with E-state index in [1.54, 1.807) is 30.3 Å². The molecule has 4 atom stereocenters. The maximum absolute atomic E-state index is 14.0. The van der Waals surface area contributed by atoms with Crippen molar-refractivity contribution in [2.45, 2.75) is 25.4 Å². The van der Waals surface area contributed by atoms with E-state index in [9.17, 15) is 24.9 Å². The van der Waals surface area contributed by atoms with Gasteiger partial charge < -0.3 is 24.8 Å². The van der Waals surface area contributed by atoms with Crippen LogP contribution in [0.3, 0.4) is 0 Å². The fraction of sp³-hybridized carbons (Fsp3) is 0.250. The van der Waals surface area contributed by atoms with Crippen LogP contribution in [0.5, 0.6) is 17.2 Å². The highest BCUT2D eigenvalue weighted by Crippen LogP contribution is 2.47. The Bertz CT molecular complexity index is 1860. The minimum atomic E-state index is -1.03. The number of carbonyl (C=O) groups is 2. The van der Waals surface area contributed by atoms with E-state index in [-0.39, 0.29) is 37.0 Å². The summed E-state index contributed by atoms with van der Waals surface area (Å²) < 4.78 is 12.2. The molecule has 3 N–H and O–H groups in total. The van der Waals surface area contributed by atoms with Gasteiger partial charge in [-0.3, -0.25) is 14.5 Å². The third kappa shape index (κ3) is 7.29. The van der Waals surface area contributed by atoms with Crippen molar-refractivity contribution >= 4 is 51.7 Å². The molecule has 2 aliphatic rings. The Morgan fingerprint density at radius 1 is 0.959 bits per heavy atom. The predicted octanol–water partition coefficient (Wildman–Crippen LogP) is 6.88. The molecule has 0 aromatic heterocycles. The van der Waals surface area contributed by atoms with Gasteiger partial charge in [-0.2, -0.15) is 0 Å². The Morgan fingerprint density at radius 2 is 1.61 bits per heavy atom. The highest BCUT2D eigenvalue weighted by molar-refractivity contribution is 14.1. The standard InChI is InChI=1S/C40H38INO7/c1-48-35-21-25(20-33(41)38(35)45)19-27(26-11-5-2-6-12-26)17-18-34(44)36-28(24-49-30-15-9-4-10-16-30)22-31-37(32(36)23-43)40(47)42(39(31)46)29-13-7-3-8-14-29/h2-16,19-21,31-32,34,37,43-45H,17-18,22-24H2,1H3/b27-19-/t31-,32+,34-,37-/m1/s1. The molecule has 1 heterocycles. The number of allylic oxidation sites excluding steroid dienone is 1. The van der Waals surface area contributed by atoms with E-state index in [2.05, 4.69) is 22.6 Å². The molecule has 4 aromatic rings. The monoisotopic (exact) mass is 771 g/mol. The Morgan fingerprint density at radius 3 is 2.27 bits per heavy atom. The molecule has 8 nitrogen and oxygen atoms in total. The van der Waals surface area contributed by atoms with E-state index in [1.807, 2.05) is 78.9 Å². The van der Waals surface area contributed by atoms with E-state index >= 15 is 0 Å². The van der Waals surface area contributed by atoms with Gasteiger partial charge >= 0.3 is 0 Å². The number of imide groups is 1. The van der Waals surface area contributed by atoms with Crippen LogP contribution in [0.2, 0.25) is 0 Å². The van der Waals surface area contributed by atoms with E-state index in [0.717, 1.165) is 22.3 Å².